The second-order valence-corrected chi connectivity index (χ2v) is 5.07. The van der Waals surface area contributed by atoms with Crippen LogP contribution in [0, 0.1) is 5.92 Å². The van der Waals surface area contributed by atoms with E-state index in [2.05, 4.69) is 10.4 Å². The van der Waals surface area contributed by atoms with Crippen molar-refractivity contribution in [3.8, 4) is 0 Å². The summed E-state index contributed by atoms with van der Waals surface area (Å²) in [7, 11) is 1.82. The highest BCUT2D eigenvalue weighted by molar-refractivity contribution is 5.88. The van der Waals surface area contributed by atoms with E-state index in [4.69, 9.17) is 0 Å². The van der Waals surface area contributed by atoms with Gasteiger partial charge in [-0.25, -0.2) is 4.79 Å². The molecule has 2 rings (SSSR count). The second-order valence-electron chi connectivity index (χ2n) is 5.07. The first-order valence-corrected chi connectivity index (χ1v) is 6.83. The van der Waals surface area contributed by atoms with E-state index in [-0.39, 0.29) is 18.6 Å². The molecule has 2 heterocycles. The second kappa shape index (κ2) is 6.06. The number of likely N-dealkylation sites (tertiary alicyclic amines) is 1. The third-order valence-electron chi connectivity index (χ3n) is 3.59. The van der Waals surface area contributed by atoms with Gasteiger partial charge in [0.05, 0.1) is 5.69 Å². The van der Waals surface area contributed by atoms with Crippen molar-refractivity contribution in [3.63, 3.8) is 0 Å². The number of anilines is 1. The smallest absolute Gasteiger partial charge is 0.323 e. The van der Waals surface area contributed by atoms with Crippen molar-refractivity contribution < 1.29 is 9.90 Å². The Hall–Kier alpha value is -1.56. The Morgan fingerprint density at radius 1 is 1.63 bits per heavy atom. The summed E-state index contributed by atoms with van der Waals surface area (Å²) >= 11 is 0. The Labute approximate surface area is 113 Å². The van der Waals surface area contributed by atoms with Gasteiger partial charge in [0.25, 0.3) is 0 Å². The normalized spacial score (nSPS) is 19.5. The molecule has 2 amide bonds. The number of hydrogen-bond donors (Lipinski definition) is 2. The SMILES string of the molecule is CCc1cc(NC(=O)N2CCCC(CO)C2)n(C)n1. The lowest BCUT2D eigenvalue weighted by molar-refractivity contribution is 0.136. The summed E-state index contributed by atoms with van der Waals surface area (Å²) in [6.45, 7) is 3.56. The minimum Gasteiger partial charge on any atom is -0.396 e. The first kappa shape index (κ1) is 13.9. The summed E-state index contributed by atoms with van der Waals surface area (Å²) in [6, 6.07) is 1.79. The van der Waals surface area contributed by atoms with Gasteiger partial charge in [-0.1, -0.05) is 6.92 Å². The summed E-state index contributed by atoms with van der Waals surface area (Å²) in [5.41, 5.74) is 0.963. The highest BCUT2D eigenvalue weighted by Crippen LogP contribution is 2.17. The third kappa shape index (κ3) is 3.26. The average Bonchev–Trinajstić information content (AvgIpc) is 2.79. The number of carbonyl (C=O) groups excluding carboxylic acids is 1. The molecule has 0 aliphatic carbocycles. The summed E-state index contributed by atoms with van der Waals surface area (Å²) < 4.78 is 1.68. The number of aromatic nitrogens is 2. The van der Waals surface area contributed by atoms with E-state index >= 15 is 0 Å². The zero-order valence-electron chi connectivity index (χ0n) is 11.6. The Morgan fingerprint density at radius 3 is 3.05 bits per heavy atom. The van der Waals surface area contributed by atoms with E-state index in [0.717, 1.165) is 31.5 Å². The molecule has 6 nitrogen and oxygen atoms in total. The number of rotatable bonds is 3. The van der Waals surface area contributed by atoms with Gasteiger partial charge in [-0.05, 0) is 25.2 Å². The predicted octanol–water partition coefficient (Wildman–Crippen LogP) is 1.22. The zero-order chi connectivity index (χ0) is 13.8. The largest absolute Gasteiger partial charge is 0.396 e. The fourth-order valence-electron chi connectivity index (χ4n) is 2.40. The molecule has 106 valence electrons. The number of urea groups is 1. The highest BCUT2D eigenvalue weighted by atomic mass is 16.3. The van der Waals surface area contributed by atoms with Crippen LogP contribution >= 0.6 is 0 Å². The Morgan fingerprint density at radius 2 is 2.42 bits per heavy atom. The molecular formula is C13H22N4O2. The molecule has 0 spiro atoms. The summed E-state index contributed by atoms with van der Waals surface area (Å²) in [6.07, 6.45) is 2.79. The number of aryl methyl sites for hydroxylation is 2. The molecule has 1 unspecified atom stereocenters. The van der Waals surface area contributed by atoms with Gasteiger partial charge in [0.15, 0.2) is 0 Å². The maximum absolute atomic E-state index is 12.2. The molecule has 1 aliphatic rings. The number of piperidine rings is 1. The molecule has 1 atom stereocenters. The standard InChI is InChI=1S/C13H22N4O2/c1-3-11-7-12(16(2)15-11)14-13(19)17-6-4-5-10(8-17)9-18/h7,10,18H,3-6,8-9H2,1-2H3,(H,14,19). The molecule has 1 saturated heterocycles. The van der Waals surface area contributed by atoms with Crippen molar-refractivity contribution in [2.75, 3.05) is 25.0 Å². The van der Waals surface area contributed by atoms with Crippen LogP contribution in [-0.4, -0.2) is 45.5 Å². The maximum Gasteiger partial charge on any atom is 0.323 e. The number of hydrogen-bond acceptors (Lipinski definition) is 3. The van der Waals surface area contributed by atoms with Crippen LogP contribution in [0.2, 0.25) is 0 Å². The number of carbonyl (C=O) groups is 1. The number of nitrogens with one attached hydrogen (secondary N) is 1. The molecule has 19 heavy (non-hydrogen) atoms. The molecule has 2 N–H and O–H groups in total. The van der Waals surface area contributed by atoms with Gasteiger partial charge in [-0.2, -0.15) is 5.10 Å². The number of nitrogens with zero attached hydrogens (tertiary/aromatic N) is 3. The first-order valence-electron chi connectivity index (χ1n) is 6.83. The zero-order valence-corrected chi connectivity index (χ0v) is 11.6. The lowest BCUT2D eigenvalue weighted by Gasteiger charge is -2.31. The minimum absolute atomic E-state index is 0.108. The van der Waals surface area contributed by atoms with Gasteiger partial charge in [0, 0.05) is 32.8 Å². The number of aliphatic hydroxyl groups excluding tert-OH is 1. The maximum atomic E-state index is 12.2. The van der Waals surface area contributed by atoms with Crippen molar-refractivity contribution in [1.29, 1.82) is 0 Å². The molecular weight excluding hydrogens is 244 g/mol. The molecule has 0 radical (unpaired) electrons. The highest BCUT2D eigenvalue weighted by Gasteiger charge is 2.23. The Balaban J connectivity index is 1.98. The van der Waals surface area contributed by atoms with E-state index in [0.29, 0.717) is 12.4 Å². The van der Waals surface area contributed by atoms with Crippen LogP contribution in [0.3, 0.4) is 0 Å². The fraction of sp³-hybridized carbons (Fsp3) is 0.692. The van der Waals surface area contributed by atoms with Crippen LogP contribution in [0.5, 0.6) is 0 Å². The van der Waals surface area contributed by atoms with Crippen molar-refractivity contribution in [2.24, 2.45) is 13.0 Å². The van der Waals surface area contributed by atoms with Crippen LogP contribution in [-0.2, 0) is 13.5 Å². The quantitative estimate of drug-likeness (QED) is 0.864. The van der Waals surface area contributed by atoms with Gasteiger partial charge in [0.1, 0.15) is 5.82 Å². The van der Waals surface area contributed by atoms with Crippen LogP contribution < -0.4 is 5.32 Å². The van der Waals surface area contributed by atoms with Gasteiger partial charge in [-0.3, -0.25) is 10.00 Å². The molecule has 1 aromatic rings. The molecule has 6 heteroatoms. The molecule has 1 fully saturated rings. The van der Waals surface area contributed by atoms with Crippen molar-refractivity contribution in [3.05, 3.63) is 11.8 Å². The molecule has 0 bridgehead atoms. The third-order valence-corrected chi connectivity index (χ3v) is 3.59. The number of amides is 2. The van der Waals surface area contributed by atoms with Crippen molar-refractivity contribution >= 4 is 11.8 Å². The van der Waals surface area contributed by atoms with Gasteiger partial charge < -0.3 is 10.0 Å². The fourth-order valence-corrected chi connectivity index (χ4v) is 2.40. The van der Waals surface area contributed by atoms with Crippen LogP contribution in [0.25, 0.3) is 0 Å². The molecule has 0 saturated carbocycles. The van der Waals surface area contributed by atoms with E-state index < -0.39 is 0 Å². The van der Waals surface area contributed by atoms with E-state index in [1.165, 1.54) is 0 Å². The monoisotopic (exact) mass is 266 g/mol. The van der Waals surface area contributed by atoms with Crippen LogP contribution in [0.4, 0.5) is 10.6 Å². The lowest BCUT2D eigenvalue weighted by atomic mass is 9.99. The predicted molar refractivity (Wildman–Crippen MR) is 73.0 cm³/mol. The topological polar surface area (TPSA) is 70.4 Å². The number of aliphatic hydroxyl groups is 1. The molecule has 1 aromatic heterocycles. The molecule has 0 aromatic carbocycles. The first-order chi connectivity index (χ1) is 9.13. The lowest BCUT2D eigenvalue weighted by Crippen LogP contribution is -2.43. The Bertz CT molecular complexity index is 444. The van der Waals surface area contributed by atoms with E-state index in [9.17, 15) is 9.90 Å². The van der Waals surface area contributed by atoms with E-state index in [1.807, 2.05) is 20.0 Å². The summed E-state index contributed by atoms with van der Waals surface area (Å²) in [5, 5.41) is 16.4. The van der Waals surface area contributed by atoms with E-state index in [1.54, 1.807) is 9.58 Å². The molecule has 1 aliphatic heterocycles. The van der Waals surface area contributed by atoms with Gasteiger partial charge in [0.2, 0.25) is 0 Å². The Kier molecular flexibility index (Phi) is 4.42. The van der Waals surface area contributed by atoms with Crippen LogP contribution in [0.15, 0.2) is 6.07 Å². The summed E-state index contributed by atoms with van der Waals surface area (Å²) in [4.78, 5) is 13.9. The average molecular weight is 266 g/mol. The van der Waals surface area contributed by atoms with Crippen molar-refractivity contribution in [2.45, 2.75) is 26.2 Å². The summed E-state index contributed by atoms with van der Waals surface area (Å²) in [5.74, 6) is 0.921. The van der Waals surface area contributed by atoms with Crippen molar-refractivity contribution in [1.82, 2.24) is 14.7 Å². The van der Waals surface area contributed by atoms with Crippen LogP contribution in [0.1, 0.15) is 25.5 Å². The van der Waals surface area contributed by atoms with Gasteiger partial charge >= 0.3 is 6.03 Å². The van der Waals surface area contributed by atoms with Gasteiger partial charge in [-0.15, -0.1) is 0 Å². The minimum atomic E-state index is -0.108.